The third kappa shape index (κ3) is 6.26. The number of allylic oxidation sites excluding steroid dienone is 1. The molecule has 8 nitrogen and oxygen atoms in total. The van der Waals surface area contributed by atoms with Crippen LogP contribution in [0.25, 0.3) is 5.70 Å². The fraction of sp³-hybridized carbons (Fsp3) is 0.407. The molecule has 1 amide bonds. The van der Waals surface area contributed by atoms with Crippen molar-refractivity contribution in [2.75, 3.05) is 12.4 Å². The Morgan fingerprint density at radius 1 is 1.26 bits per heavy atom. The number of benzene rings is 2. The highest BCUT2D eigenvalue weighted by Gasteiger charge is 2.35. The van der Waals surface area contributed by atoms with E-state index in [-0.39, 0.29) is 35.0 Å². The minimum Gasteiger partial charge on any atom is -0.497 e. The van der Waals surface area contributed by atoms with E-state index in [1.807, 2.05) is 18.2 Å². The number of nitro groups is 1. The largest absolute Gasteiger partial charge is 0.497 e. The first-order valence-corrected chi connectivity index (χ1v) is 11.7. The van der Waals surface area contributed by atoms with Gasteiger partial charge in [0.15, 0.2) is 5.78 Å². The number of carbonyl (C=O) groups excluding carboxylic acids is 2. The fourth-order valence-corrected chi connectivity index (χ4v) is 4.12. The van der Waals surface area contributed by atoms with Crippen molar-refractivity contribution < 1.29 is 19.2 Å². The van der Waals surface area contributed by atoms with Gasteiger partial charge in [0.1, 0.15) is 5.75 Å². The molecular formula is C27H33N3O5. The van der Waals surface area contributed by atoms with E-state index < -0.39 is 5.54 Å². The maximum absolute atomic E-state index is 13.2. The average Bonchev–Trinajstić information content (AvgIpc) is 2.81. The monoisotopic (exact) mass is 479 g/mol. The van der Waals surface area contributed by atoms with Crippen LogP contribution in [0.5, 0.6) is 5.75 Å². The molecule has 0 saturated carbocycles. The summed E-state index contributed by atoms with van der Waals surface area (Å²) in [4.78, 5) is 36.5. The van der Waals surface area contributed by atoms with Crippen LogP contribution in [-0.2, 0) is 11.2 Å². The van der Waals surface area contributed by atoms with E-state index in [1.165, 1.54) is 0 Å². The molecule has 0 radical (unpaired) electrons. The smallest absolute Gasteiger partial charge is 0.224 e. The minimum atomic E-state index is -1.14. The molecule has 0 saturated heterocycles. The van der Waals surface area contributed by atoms with Crippen LogP contribution in [0.1, 0.15) is 68.4 Å². The summed E-state index contributed by atoms with van der Waals surface area (Å²) in [5.41, 5.74) is 2.30. The van der Waals surface area contributed by atoms with Gasteiger partial charge in [-0.1, -0.05) is 25.1 Å². The van der Waals surface area contributed by atoms with Gasteiger partial charge in [0.05, 0.1) is 7.11 Å². The first-order valence-electron chi connectivity index (χ1n) is 11.7. The Morgan fingerprint density at radius 2 is 2.00 bits per heavy atom. The van der Waals surface area contributed by atoms with Crippen LogP contribution >= 0.6 is 0 Å². The van der Waals surface area contributed by atoms with E-state index >= 15 is 0 Å². The summed E-state index contributed by atoms with van der Waals surface area (Å²) in [6.45, 7) is 7.44. The summed E-state index contributed by atoms with van der Waals surface area (Å²) in [6.07, 6.45) is 2.88. The van der Waals surface area contributed by atoms with Crippen LogP contribution in [0.2, 0.25) is 0 Å². The third-order valence-electron chi connectivity index (χ3n) is 6.51. The van der Waals surface area contributed by atoms with E-state index in [2.05, 4.69) is 24.5 Å². The van der Waals surface area contributed by atoms with Crippen LogP contribution in [0.4, 0.5) is 5.69 Å². The van der Waals surface area contributed by atoms with Gasteiger partial charge in [0.25, 0.3) is 0 Å². The number of amides is 1. The summed E-state index contributed by atoms with van der Waals surface area (Å²) >= 11 is 0. The SMILES string of the molecule is CCC(C)(CCC(=O)Nc1cccc(C(=O)/C=C2\NC(C)(C)Cc3ccc(OC)cc32)c1)[N+](=O)[O-]. The van der Waals surface area contributed by atoms with Crippen LogP contribution in [0, 0.1) is 10.1 Å². The van der Waals surface area contributed by atoms with Crippen LogP contribution in [0.15, 0.2) is 48.5 Å². The minimum absolute atomic E-state index is 0.0190. The zero-order chi connectivity index (χ0) is 25.8. The molecule has 0 bridgehead atoms. The van der Waals surface area contributed by atoms with Crippen LogP contribution < -0.4 is 15.4 Å². The molecule has 0 fully saturated rings. The topological polar surface area (TPSA) is 111 Å². The van der Waals surface area contributed by atoms with Crippen LogP contribution in [0.3, 0.4) is 0 Å². The quantitative estimate of drug-likeness (QED) is 0.226. The normalized spacial score (nSPS) is 17.0. The van der Waals surface area contributed by atoms with Crippen molar-refractivity contribution in [3.05, 3.63) is 75.3 Å². The summed E-state index contributed by atoms with van der Waals surface area (Å²) in [6, 6.07) is 12.6. The molecule has 186 valence electrons. The van der Waals surface area contributed by atoms with Crippen molar-refractivity contribution in [2.24, 2.45) is 0 Å². The zero-order valence-electron chi connectivity index (χ0n) is 20.9. The lowest BCUT2D eigenvalue weighted by Gasteiger charge is -2.35. The number of ketones is 1. The second-order valence-electron chi connectivity index (χ2n) is 9.87. The number of rotatable bonds is 9. The highest BCUT2D eigenvalue weighted by atomic mass is 16.6. The molecule has 0 aromatic heterocycles. The van der Waals surface area contributed by atoms with Gasteiger partial charge in [0, 0.05) is 65.2 Å². The summed E-state index contributed by atoms with van der Waals surface area (Å²) in [5.74, 6) is 0.178. The summed E-state index contributed by atoms with van der Waals surface area (Å²) in [5, 5.41) is 17.5. The van der Waals surface area contributed by atoms with Crippen molar-refractivity contribution >= 4 is 23.1 Å². The number of fused-ring (bicyclic) bond motifs is 1. The van der Waals surface area contributed by atoms with Crippen molar-refractivity contribution in [3.63, 3.8) is 0 Å². The number of methoxy groups -OCH3 is 1. The Kier molecular flexibility index (Phi) is 7.63. The van der Waals surface area contributed by atoms with E-state index in [0.717, 1.165) is 17.5 Å². The lowest BCUT2D eigenvalue weighted by molar-refractivity contribution is -0.566. The Balaban J connectivity index is 1.78. The summed E-state index contributed by atoms with van der Waals surface area (Å²) in [7, 11) is 1.61. The lowest BCUT2D eigenvalue weighted by atomic mass is 9.85. The Labute approximate surface area is 205 Å². The van der Waals surface area contributed by atoms with Gasteiger partial charge in [-0.05, 0) is 50.1 Å². The highest BCUT2D eigenvalue weighted by molar-refractivity contribution is 6.09. The zero-order valence-corrected chi connectivity index (χ0v) is 20.9. The van der Waals surface area contributed by atoms with Crippen molar-refractivity contribution in [2.45, 2.75) is 64.5 Å². The molecule has 1 unspecified atom stereocenters. The number of hydrogen-bond acceptors (Lipinski definition) is 6. The molecule has 0 spiro atoms. The van der Waals surface area contributed by atoms with Crippen LogP contribution in [-0.4, -0.2) is 34.8 Å². The maximum Gasteiger partial charge on any atom is 0.224 e. The third-order valence-corrected chi connectivity index (χ3v) is 6.51. The molecule has 1 atom stereocenters. The fourth-order valence-electron chi connectivity index (χ4n) is 4.12. The second kappa shape index (κ2) is 10.3. The molecule has 35 heavy (non-hydrogen) atoms. The molecule has 3 rings (SSSR count). The van der Waals surface area contributed by atoms with Gasteiger partial charge in [-0.25, -0.2) is 0 Å². The van der Waals surface area contributed by atoms with E-state index in [4.69, 9.17) is 4.74 Å². The van der Waals surface area contributed by atoms with Gasteiger partial charge >= 0.3 is 0 Å². The average molecular weight is 480 g/mol. The van der Waals surface area contributed by atoms with Gasteiger partial charge in [-0.15, -0.1) is 0 Å². The van der Waals surface area contributed by atoms with E-state index in [0.29, 0.717) is 29.1 Å². The number of nitrogens with one attached hydrogen (secondary N) is 2. The number of anilines is 1. The van der Waals surface area contributed by atoms with Gasteiger partial charge in [0.2, 0.25) is 11.4 Å². The molecule has 0 aliphatic carbocycles. The number of carbonyl (C=O) groups is 2. The molecule has 2 N–H and O–H groups in total. The maximum atomic E-state index is 13.2. The predicted molar refractivity (Wildman–Crippen MR) is 136 cm³/mol. The van der Waals surface area contributed by atoms with Gasteiger partial charge < -0.3 is 15.4 Å². The van der Waals surface area contributed by atoms with Gasteiger partial charge in [-0.3, -0.25) is 19.7 Å². The number of ether oxygens (including phenoxy) is 1. The molecular weight excluding hydrogens is 446 g/mol. The molecule has 1 aliphatic rings. The van der Waals surface area contributed by atoms with E-state index in [1.54, 1.807) is 51.3 Å². The molecule has 2 aromatic carbocycles. The molecule has 8 heteroatoms. The first kappa shape index (κ1) is 25.9. The number of hydrogen-bond donors (Lipinski definition) is 2. The Morgan fingerprint density at radius 3 is 2.66 bits per heavy atom. The molecule has 1 aliphatic heterocycles. The molecule has 2 aromatic rings. The summed E-state index contributed by atoms with van der Waals surface area (Å²) < 4.78 is 5.37. The highest BCUT2D eigenvalue weighted by Crippen LogP contribution is 2.32. The standard InChI is InChI=1S/C27H33N3O5/c1-6-27(4,30(33)34)13-12-25(32)28-20-9-7-8-18(14-20)24(31)16-23-22-15-21(35-5)11-10-19(22)17-26(2,3)29-23/h7-11,14-16,29H,6,12-13,17H2,1-5H3,(H,28,32)/b23-16-. The van der Waals surface area contributed by atoms with Crippen molar-refractivity contribution in [1.82, 2.24) is 5.32 Å². The predicted octanol–water partition coefficient (Wildman–Crippen LogP) is 5.01. The lowest BCUT2D eigenvalue weighted by Crippen LogP contribution is -2.43. The second-order valence-corrected chi connectivity index (χ2v) is 9.87. The van der Waals surface area contributed by atoms with E-state index in [9.17, 15) is 19.7 Å². The Bertz CT molecular complexity index is 1170. The molecule has 1 heterocycles. The van der Waals surface area contributed by atoms with Gasteiger partial charge in [-0.2, -0.15) is 0 Å². The van der Waals surface area contributed by atoms with Crippen molar-refractivity contribution in [1.29, 1.82) is 0 Å². The van der Waals surface area contributed by atoms with Crippen molar-refractivity contribution in [3.8, 4) is 5.75 Å². The number of nitrogens with zero attached hydrogens (tertiary/aromatic N) is 1. The Hall–Kier alpha value is -3.68. The first-order chi connectivity index (χ1) is 16.5.